The molecule has 1 aromatic rings. The zero-order chi connectivity index (χ0) is 15.7. The number of amides is 1. The maximum Gasteiger partial charge on any atom is 0.311 e. The fourth-order valence-corrected chi connectivity index (χ4v) is 1.72. The normalized spacial score (nSPS) is 12.3. The van der Waals surface area contributed by atoms with Crippen LogP contribution in [-0.2, 0) is 11.2 Å². The Hall–Kier alpha value is -1.85. The van der Waals surface area contributed by atoms with Gasteiger partial charge in [0.25, 0.3) is 5.91 Å². The molecule has 0 aliphatic carbocycles. The first-order valence-corrected chi connectivity index (χ1v) is 6.55. The van der Waals surface area contributed by atoms with Gasteiger partial charge in [-0.15, -0.1) is 0 Å². The van der Waals surface area contributed by atoms with Gasteiger partial charge in [0, 0.05) is 0 Å². The molecule has 0 aliphatic heterocycles. The highest BCUT2D eigenvalue weighted by atomic mass is 16.5. The van der Waals surface area contributed by atoms with Gasteiger partial charge in [0.2, 0.25) is 0 Å². The van der Waals surface area contributed by atoms with Crippen LogP contribution in [0.4, 0.5) is 0 Å². The minimum atomic E-state index is -1.11. The van der Waals surface area contributed by atoms with E-state index in [9.17, 15) is 14.7 Å². The standard InChI is InChI=1S/C14H22N2O4/c1-7-9-10(8(2)20-16-9)11(17)15-14(5,6)13(3,4)12(18)19/h7H2,1-6H3,(H,15,17)(H,18,19). The highest BCUT2D eigenvalue weighted by Gasteiger charge is 2.45. The third kappa shape index (κ3) is 2.69. The van der Waals surface area contributed by atoms with Crippen molar-refractivity contribution in [2.24, 2.45) is 5.41 Å². The van der Waals surface area contributed by atoms with E-state index in [1.807, 2.05) is 6.92 Å². The molecule has 6 heteroatoms. The van der Waals surface area contributed by atoms with Crippen LogP contribution >= 0.6 is 0 Å². The second-order valence-corrected chi connectivity index (χ2v) is 5.92. The molecule has 1 heterocycles. The van der Waals surface area contributed by atoms with E-state index < -0.39 is 16.9 Å². The van der Waals surface area contributed by atoms with E-state index in [-0.39, 0.29) is 5.91 Å². The SMILES string of the molecule is CCc1noc(C)c1C(=O)NC(C)(C)C(C)(C)C(=O)O. The number of carbonyl (C=O) groups is 2. The summed E-state index contributed by atoms with van der Waals surface area (Å²) >= 11 is 0. The van der Waals surface area contributed by atoms with E-state index >= 15 is 0 Å². The first-order valence-electron chi connectivity index (χ1n) is 6.55. The molecule has 0 saturated carbocycles. The summed E-state index contributed by atoms with van der Waals surface area (Å²) in [7, 11) is 0. The van der Waals surface area contributed by atoms with Gasteiger partial charge in [-0.3, -0.25) is 9.59 Å². The lowest BCUT2D eigenvalue weighted by Crippen LogP contribution is -2.57. The monoisotopic (exact) mass is 282 g/mol. The summed E-state index contributed by atoms with van der Waals surface area (Å²) in [6.07, 6.45) is 0.572. The maximum atomic E-state index is 12.4. The van der Waals surface area contributed by atoms with Crippen molar-refractivity contribution >= 4 is 11.9 Å². The highest BCUT2D eigenvalue weighted by Crippen LogP contribution is 2.31. The molecule has 1 rings (SSSR count). The van der Waals surface area contributed by atoms with Crippen LogP contribution in [0.3, 0.4) is 0 Å². The first-order chi connectivity index (χ1) is 9.04. The average molecular weight is 282 g/mol. The minimum absolute atomic E-state index is 0.361. The first kappa shape index (κ1) is 16.2. The number of hydrogen-bond donors (Lipinski definition) is 2. The van der Waals surface area contributed by atoms with Gasteiger partial charge >= 0.3 is 5.97 Å². The van der Waals surface area contributed by atoms with Crippen molar-refractivity contribution in [1.29, 1.82) is 0 Å². The molecule has 0 aromatic carbocycles. The zero-order valence-corrected chi connectivity index (χ0v) is 12.8. The number of carbonyl (C=O) groups excluding carboxylic acids is 1. The molecular weight excluding hydrogens is 260 g/mol. The molecule has 112 valence electrons. The van der Waals surface area contributed by atoms with E-state index in [4.69, 9.17) is 4.52 Å². The molecule has 0 atom stereocenters. The molecule has 0 radical (unpaired) electrons. The lowest BCUT2D eigenvalue weighted by Gasteiger charge is -2.38. The summed E-state index contributed by atoms with van der Waals surface area (Å²) in [6.45, 7) is 10.1. The van der Waals surface area contributed by atoms with Gasteiger partial charge in [-0.2, -0.15) is 0 Å². The summed E-state index contributed by atoms with van der Waals surface area (Å²) in [5.41, 5.74) is -1.07. The molecule has 0 aliphatic rings. The Labute approximate surface area is 118 Å². The van der Waals surface area contributed by atoms with Crippen LogP contribution in [0.15, 0.2) is 4.52 Å². The van der Waals surface area contributed by atoms with Gasteiger partial charge in [0.1, 0.15) is 11.3 Å². The van der Waals surface area contributed by atoms with Gasteiger partial charge < -0.3 is 14.9 Å². The smallest absolute Gasteiger partial charge is 0.311 e. The van der Waals surface area contributed by atoms with Crippen LogP contribution in [-0.4, -0.2) is 27.7 Å². The Morgan fingerprint density at radius 1 is 1.30 bits per heavy atom. The Morgan fingerprint density at radius 3 is 2.30 bits per heavy atom. The molecule has 1 aromatic heterocycles. The number of rotatable bonds is 5. The minimum Gasteiger partial charge on any atom is -0.481 e. The Morgan fingerprint density at radius 2 is 1.85 bits per heavy atom. The van der Waals surface area contributed by atoms with Crippen LogP contribution in [0, 0.1) is 12.3 Å². The average Bonchev–Trinajstić information content (AvgIpc) is 2.69. The van der Waals surface area contributed by atoms with Crippen molar-refractivity contribution in [3.05, 3.63) is 17.0 Å². The Balaban J connectivity index is 3.07. The Bertz CT molecular complexity index is 529. The van der Waals surface area contributed by atoms with Crippen LogP contribution in [0.1, 0.15) is 56.4 Å². The summed E-state index contributed by atoms with van der Waals surface area (Å²) < 4.78 is 5.03. The molecule has 6 nitrogen and oxygen atoms in total. The number of aliphatic carboxylic acids is 1. The quantitative estimate of drug-likeness (QED) is 0.863. The van der Waals surface area contributed by atoms with E-state index in [0.29, 0.717) is 23.4 Å². The van der Waals surface area contributed by atoms with Gasteiger partial charge in [-0.25, -0.2) is 0 Å². The van der Waals surface area contributed by atoms with Gasteiger partial charge in [-0.05, 0) is 41.0 Å². The lowest BCUT2D eigenvalue weighted by molar-refractivity contribution is -0.150. The number of hydrogen-bond acceptors (Lipinski definition) is 4. The summed E-state index contributed by atoms with van der Waals surface area (Å²) in [6, 6.07) is 0. The van der Waals surface area contributed by atoms with Crippen LogP contribution in [0.5, 0.6) is 0 Å². The molecule has 20 heavy (non-hydrogen) atoms. The number of nitrogens with zero attached hydrogens (tertiary/aromatic N) is 1. The molecule has 0 spiro atoms. The van der Waals surface area contributed by atoms with Crippen molar-refractivity contribution < 1.29 is 19.2 Å². The van der Waals surface area contributed by atoms with Crippen molar-refractivity contribution in [2.75, 3.05) is 0 Å². The van der Waals surface area contributed by atoms with Gasteiger partial charge in [-0.1, -0.05) is 12.1 Å². The number of nitrogens with one attached hydrogen (secondary N) is 1. The highest BCUT2D eigenvalue weighted by molar-refractivity contribution is 5.97. The van der Waals surface area contributed by atoms with Crippen molar-refractivity contribution in [2.45, 2.75) is 53.5 Å². The molecule has 0 bridgehead atoms. The van der Waals surface area contributed by atoms with E-state index in [1.54, 1.807) is 34.6 Å². The van der Waals surface area contributed by atoms with E-state index in [2.05, 4.69) is 10.5 Å². The fourth-order valence-electron chi connectivity index (χ4n) is 1.72. The van der Waals surface area contributed by atoms with Crippen LogP contribution in [0.25, 0.3) is 0 Å². The second-order valence-electron chi connectivity index (χ2n) is 5.92. The van der Waals surface area contributed by atoms with E-state index in [0.717, 1.165) is 0 Å². The Kier molecular flexibility index (Phi) is 4.27. The zero-order valence-electron chi connectivity index (χ0n) is 12.8. The third-order valence-corrected chi connectivity index (χ3v) is 4.02. The van der Waals surface area contributed by atoms with Crippen LogP contribution < -0.4 is 5.32 Å². The largest absolute Gasteiger partial charge is 0.481 e. The number of carboxylic acid groups (broad SMARTS) is 1. The lowest BCUT2D eigenvalue weighted by atomic mass is 9.74. The van der Waals surface area contributed by atoms with Crippen LogP contribution in [0.2, 0.25) is 0 Å². The van der Waals surface area contributed by atoms with E-state index in [1.165, 1.54) is 0 Å². The second kappa shape index (κ2) is 5.26. The maximum absolute atomic E-state index is 12.4. The predicted octanol–water partition coefficient (Wildman–Crippen LogP) is 2.16. The molecule has 1 amide bonds. The number of carboxylic acids is 1. The summed E-state index contributed by atoms with van der Waals surface area (Å²) in [5.74, 6) is -0.899. The number of aryl methyl sites for hydroxylation is 2. The molecular formula is C14H22N2O4. The topological polar surface area (TPSA) is 92.4 Å². The van der Waals surface area contributed by atoms with Crippen molar-refractivity contribution in [3.63, 3.8) is 0 Å². The molecule has 2 N–H and O–H groups in total. The fraction of sp³-hybridized carbons (Fsp3) is 0.643. The predicted molar refractivity (Wildman–Crippen MR) is 73.6 cm³/mol. The van der Waals surface area contributed by atoms with Gasteiger partial charge in [0.15, 0.2) is 0 Å². The summed E-state index contributed by atoms with van der Waals surface area (Å²) in [5, 5.41) is 15.9. The molecule has 0 saturated heterocycles. The third-order valence-electron chi connectivity index (χ3n) is 4.02. The molecule has 0 unspecified atom stereocenters. The van der Waals surface area contributed by atoms with Crippen molar-refractivity contribution in [1.82, 2.24) is 10.5 Å². The molecule has 0 fully saturated rings. The number of aromatic nitrogens is 1. The summed E-state index contributed by atoms with van der Waals surface area (Å²) in [4.78, 5) is 23.7. The van der Waals surface area contributed by atoms with Crippen molar-refractivity contribution in [3.8, 4) is 0 Å². The van der Waals surface area contributed by atoms with Gasteiger partial charge in [0.05, 0.1) is 16.6 Å².